The molecule has 1 aliphatic rings. The van der Waals surface area contributed by atoms with Crippen LogP contribution in [0.1, 0.15) is 31.0 Å². The molecule has 3 rings (SSSR count). The first-order valence-corrected chi connectivity index (χ1v) is 8.82. The zero-order chi connectivity index (χ0) is 16.9. The van der Waals surface area contributed by atoms with Gasteiger partial charge in [-0.3, -0.25) is 4.98 Å². The van der Waals surface area contributed by atoms with E-state index in [1.807, 2.05) is 12.4 Å². The van der Waals surface area contributed by atoms with Crippen LogP contribution in [0.5, 0.6) is 0 Å². The summed E-state index contributed by atoms with van der Waals surface area (Å²) in [5.41, 5.74) is 2.32. The van der Waals surface area contributed by atoms with Gasteiger partial charge in [0.05, 0.1) is 0 Å². The highest BCUT2D eigenvalue weighted by Crippen LogP contribution is 2.23. The van der Waals surface area contributed by atoms with Crippen LogP contribution >= 0.6 is 0 Å². The van der Waals surface area contributed by atoms with Crippen LogP contribution in [-0.4, -0.2) is 41.6 Å². The van der Waals surface area contributed by atoms with Gasteiger partial charge in [-0.05, 0) is 49.8 Å². The first kappa shape index (κ1) is 16.7. The minimum atomic E-state index is 0.817. The molecule has 0 N–H and O–H groups in total. The Balaban J connectivity index is 1.68. The number of aryl methyl sites for hydroxylation is 1. The summed E-state index contributed by atoms with van der Waals surface area (Å²) in [5, 5.41) is 0. The molecule has 1 aliphatic heterocycles. The van der Waals surface area contributed by atoms with Crippen molar-refractivity contribution < 1.29 is 0 Å². The molecule has 0 unspecified atom stereocenters. The lowest BCUT2D eigenvalue weighted by Gasteiger charge is -2.32. The number of anilines is 2. The molecule has 3 heterocycles. The molecule has 2 aromatic rings. The van der Waals surface area contributed by atoms with Gasteiger partial charge in [0.25, 0.3) is 0 Å². The maximum absolute atomic E-state index is 4.82. The van der Waals surface area contributed by atoms with Crippen LogP contribution in [0.3, 0.4) is 0 Å². The second-order valence-electron chi connectivity index (χ2n) is 6.86. The monoisotopic (exact) mass is 325 g/mol. The number of hydrogen-bond donors (Lipinski definition) is 0. The van der Waals surface area contributed by atoms with Gasteiger partial charge in [0.15, 0.2) is 0 Å². The van der Waals surface area contributed by atoms with E-state index in [1.165, 1.54) is 18.4 Å². The van der Waals surface area contributed by atoms with Gasteiger partial charge in [-0.1, -0.05) is 6.92 Å². The largest absolute Gasteiger partial charge is 0.356 e. The zero-order valence-electron chi connectivity index (χ0n) is 14.9. The van der Waals surface area contributed by atoms with Crippen molar-refractivity contribution in [1.29, 1.82) is 0 Å². The van der Waals surface area contributed by atoms with E-state index in [-0.39, 0.29) is 0 Å². The summed E-state index contributed by atoms with van der Waals surface area (Å²) in [7, 11) is 2.07. The Kier molecular flexibility index (Phi) is 5.28. The Labute approximate surface area is 144 Å². The first-order valence-electron chi connectivity index (χ1n) is 8.82. The van der Waals surface area contributed by atoms with Gasteiger partial charge in [0.2, 0.25) is 5.95 Å². The molecule has 0 radical (unpaired) electrons. The zero-order valence-corrected chi connectivity index (χ0v) is 14.9. The summed E-state index contributed by atoms with van der Waals surface area (Å²) in [4.78, 5) is 18.1. The summed E-state index contributed by atoms with van der Waals surface area (Å²) in [6.45, 7) is 7.47. The van der Waals surface area contributed by atoms with Gasteiger partial charge in [-0.2, -0.15) is 4.98 Å². The van der Waals surface area contributed by atoms with Crippen molar-refractivity contribution in [3.8, 4) is 0 Å². The van der Waals surface area contributed by atoms with Crippen LogP contribution in [0, 0.1) is 12.8 Å². The first-order chi connectivity index (χ1) is 11.6. The van der Waals surface area contributed by atoms with E-state index in [1.54, 1.807) is 0 Å². The second-order valence-corrected chi connectivity index (χ2v) is 6.86. The number of hydrogen-bond acceptors (Lipinski definition) is 5. The Morgan fingerprint density at radius 1 is 1.17 bits per heavy atom. The predicted octanol–water partition coefficient (Wildman–Crippen LogP) is 3.10. The molecule has 128 valence electrons. The molecule has 2 aromatic heterocycles. The summed E-state index contributed by atoms with van der Waals surface area (Å²) in [6.07, 6.45) is 7.14. The smallest absolute Gasteiger partial charge is 0.227 e. The van der Waals surface area contributed by atoms with Crippen molar-refractivity contribution in [2.45, 2.75) is 33.1 Å². The van der Waals surface area contributed by atoms with Crippen molar-refractivity contribution >= 4 is 11.8 Å². The van der Waals surface area contributed by atoms with E-state index >= 15 is 0 Å². The molecule has 5 heteroatoms. The minimum Gasteiger partial charge on any atom is -0.356 e. The summed E-state index contributed by atoms with van der Waals surface area (Å²) >= 11 is 0. The molecule has 1 fully saturated rings. The quantitative estimate of drug-likeness (QED) is 0.845. The average molecular weight is 325 g/mol. The third kappa shape index (κ3) is 4.22. The van der Waals surface area contributed by atoms with Crippen LogP contribution in [0.25, 0.3) is 0 Å². The molecule has 0 spiro atoms. The highest BCUT2D eigenvalue weighted by atomic mass is 15.3. The average Bonchev–Trinajstić information content (AvgIpc) is 2.60. The molecule has 0 amide bonds. The molecular formula is C19H27N5. The Morgan fingerprint density at radius 3 is 2.58 bits per heavy atom. The fourth-order valence-corrected chi connectivity index (χ4v) is 3.05. The molecule has 0 saturated carbocycles. The molecule has 5 nitrogen and oxygen atoms in total. The van der Waals surface area contributed by atoms with Crippen LogP contribution in [0.2, 0.25) is 0 Å². The van der Waals surface area contributed by atoms with Crippen molar-refractivity contribution in [2.24, 2.45) is 5.92 Å². The van der Waals surface area contributed by atoms with Gasteiger partial charge < -0.3 is 9.80 Å². The third-order valence-corrected chi connectivity index (χ3v) is 4.76. The third-order valence-electron chi connectivity index (χ3n) is 4.76. The highest BCUT2D eigenvalue weighted by molar-refractivity contribution is 5.46. The molecule has 1 saturated heterocycles. The number of nitrogens with zero attached hydrogens (tertiary/aromatic N) is 5. The van der Waals surface area contributed by atoms with Gasteiger partial charge in [0, 0.05) is 50.8 Å². The molecule has 24 heavy (non-hydrogen) atoms. The van der Waals surface area contributed by atoms with Crippen LogP contribution in [0.4, 0.5) is 11.8 Å². The maximum atomic E-state index is 4.82. The summed E-state index contributed by atoms with van der Waals surface area (Å²) < 4.78 is 0. The van der Waals surface area contributed by atoms with Crippen molar-refractivity contribution in [2.75, 3.05) is 36.5 Å². The Hall–Kier alpha value is -2.17. The minimum absolute atomic E-state index is 0.817. The SMILES string of the molecule is Cc1cc(N2CCC(C)CC2)nc(N(C)CCc2ccncc2)n1. The number of rotatable bonds is 5. The second kappa shape index (κ2) is 7.60. The van der Waals surface area contributed by atoms with Crippen molar-refractivity contribution in [3.05, 3.63) is 41.9 Å². The number of likely N-dealkylation sites (N-methyl/N-ethyl adjacent to an activating group) is 1. The van der Waals surface area contributed by atoms with E-state index in [0.29, 0.717) is 0 Å². The fourth-order valence-electron chi connectivity index (χ4n) is 3.05. The van der Waals surface area contributed by atoms with Gasteiger partial charge in [0.1, 0.15) is 5.82 Å². The Bertz CT molecular complexity index is 650. The van der Waals surface area contributed by atoms with E-state index in [0.717, 1.165) is 49.4 Å². The topological polar surface area (TPSA) is 45.2 Å². The van der Waals surface area contributed by atoms with Crippen LogP contribution in [-0.2, 0) is 6.42 Å². The van der Waals surface area contributed by atoms with Gasteiger partial charge in [-0.15, -0.1) is 0 Å². The lowest BCUT2D eigenvalue weighted by molar-refractivity contribution is 0.436. The highest BCUT2D eigenvalue weighted by Gasteiger charge is 2.18. The summed E-state index contributed by atoms with van der Waals surface area (Å²) in [5.74, 6) is 2.71. The van der Waals surface area contributed by atoms with E-state index < -0.39 is 0 Å². The van der Waals surface area contributed by atoms with Gasteiger partial charge >= 0.3 is 0 Å². The number of piperidine rings is 1. The van der Waals surface area contributed by atoms with E-state index in [9.17, 15) is 0 Å². The lowest BCUT2D eigenvalue weighted by Crippen LogP contribution is -2.34. The lowest BCUT2D eigenvalue weighted by atomic mass is 9.99. The van der Waals surface area contributed by atoms with E-state index in [4.69, 9.17) is 4.98 Å². The normalized spacial score (nSPS) is 15.5. The molecule has 0 aliphatic carbocycles. The molecule has 0 atom stereocenters. The van der Waals surface area contributed by atoms with Gasteiger partial charge in [-0.25, -0.2) is 4.98 Å². The molecule has 0 bridgehead atoms. The fraction of sp³-hybridized carbons (Fsp3) is 0.526. The van der Waals surface area contributed by atoms with Crippen LogP contribution in [0.15, 0.2) is 30.6 Å². The summed E-state index contributed by atoms with van der Waals surface area (Å²) in [6, 6.07) is 6.23. The standard InChI is InChI=1S/C19H27N5/c1-15-6-12-24(13-7-15)18-14-16(2)21-19(22-18)23(3)11-8-17-4-9-20-10-5-17/h4-5,9-10,14-15H,6-8,11-13H2,1-3H3. The number of aromatic nitrogens is 3. The maximum Gasteiger partial charge on any atom is 0.227 e. The predicted molar refractivity (Wildman–Crippen MR) is 98.6 cm³/mol. The van der Waals surface area contributed by atoms with E-state index in [2.05, 4.69) is 58.9 Å². The molecule has 0 aromatic carbocycles. The van der Waals surface area contributed by atoms with Crippen molar-refractivity contribution in [1.82, 2.24) is 15.0 Å². The number of pyridine rings is 1. The molecular weight excluding hydrogens is 298 g/mol. The van der Waals surface area contributed by atoms with Crippen LogP contribution < -0.4 is 9.80 Å². The Morgan fingerprint density at radius 2 is 1.88 bits per heavy atom. The van der Waals surface area contributed by atoms with Crippen molar-refractivity contribution in [3.63, 3.8) is 0 Å².